The molecule has 1 rings (SSSR count). The highest BCUT2D eigenvalue weighted by molar-refractivity contribution is 8.14. The molecule has 0 fully saturated rings. The molecule has 1 heterocycles. The van der Waals surface area contributed by atoms with Gasteiger partial charge in [-0.2, -0.15) is 0 Å². The fraction of sp³-hybridized carbons (Fsp3) is 0.500. The van der Waals surface area contributed by atoms with Gasteiger partial charge in [0.1, 0.15) is 0 Å². The van der Waals surface area contributed by atoms with E-state index in [1.54, 1.807) is 11.8 Å². The zero-order chi connectivity index (χ0) is 5.98. The fourth-order valence-electron chi connectivity index (χ4n) is 0.608. The van der Waals surface area contributed by atoms with E-state index in [1.807, 2.05) is 13.1 Å². The van der Waals surface area contributed by atoms with Gasteiger partial charge in [-0.1, -0.05) is 6.08 Å². The van der Waals surface area contributed by atoms with Crippen LogP contribution in [0.25, 0.3) is 0 Å². The van der Waals surface area contributed by atoms with E-state index in [-0.39, 0.29) is 0 Å². The number of hydrogen-bond acceptors (Lipinski definition) is 2. The largest absolute Gasteiger partial charge is 0.255 e. The van der Waals surface area contributed by atoms with Gasteiger partial charge in [-0.3, -0.25) is 4.99 Å². The second-order valence-electron chi connectivity index (χ2n) is 1.81. The molecule has 44 valence electrons. The number of nitrogens with zero attached hydrogens (tertiary/aromatic N) is 1. The highest BCUT2D eigenvalue weighted by Gasteiger charge is 2.02. The Morgan fingerprint density at radius 1 is 1.75 bits per heavy atom. The normalized spacial score (nSPS) is 27.8. The number of hydrogen-bond donors (Lipinski definition) is 0. The summed E-state index contributed by atoms with van der Waals surface area (Å²) < 4.78 is 0. The summed E-state index contributed by atoms with van der Waals surface area (Å²) in [6, 6.07) is 0. The van der Waals surface area contributed by atoms with Gasteiger partial charge in [0.05, 0.1) is 5.04 Å². The van der Waals surface area contributed by atoms with Crippen molar-refractivity contribution in [3.05, 3.63) is 12.3 Å². The van der Waals surface area contributed by atoms with Crippen molar-refractivity contribution in [1.82, 2.24) is 0 Å². The third kappa shape index (κ3) is 1.37. The van der Waals surface area contributed by atoms with E-state index in [4.69, 9.17) is 0 Å². The first-order valence-corrected chi connectivity index (χ1v) is 3.55. The summed E-state index contributed by atoms with van der Waals surface area (Å²) in [5.74, 6) is 0. The molecule has 0 spiro atoms. The molecule has 0 saturated heterocycles. The van der Waals surface area contributed by atoms with Crippen LogP contribution in [0.3, 0.4) is 0 Å². The van der Waals surface area contributed by atoms with Crippen LogP contribution in [0.15, 0.2) is 17.3 Å². The summed E-state index contributed by atoms with van der Waals surface area (Å²) in [5.41, 5.74) is 0. The molecule has 0 saturated carbocycles. The lowest BCUT2D eigenvalue weighted by molar-refractivity contribution is 1.23. The maximum Gasteiger partial charge on any atom is 0.0705 e. The van der Waals surface area contributed by atoms with Gasteiger partial charge >= 0.3 is 0 Å². The first-order valence-electron chi connectivity index (χ1n) is 2.67. The maximum atomic E-state index is 4.08. The molecule has 1 aliphatic rings. The van der Waals surface area contributed by atoms with Crippen molar-refractivity contribution in [2.24, 2.45) is 4.99 Å². The van der Waals surface area contributed by atoms with Crippen LogP contribution in [0.4, 0.5) is 0 Å². The monoisotopic (exact) mass is 127 g/mol. The molecule has 0 bridgehead atoms. The van der Waals surface area contributed by atoms with Gasteiger partial charge in [-0.05, 0) is 13.8 Å². The van der Waals surface area contributed by atoms with Gasteiger partial charge in [-0.25, -0.2) is 0 Å². The van der Waals surface area contributed by atoms with E-state index in [1.165, 1.54) is 5.04 Å². The van der Waals surface area contributed by atoms with Crippen LogP contribution in [0.5, 0.6) is 0 Å². The minimum Gasteiger partial charge on any atom is -0.255 e. The Morgan fingerprint density at radius 2 is 2.50 bits per heavy atom. The van der Waals surface area contributed by atoms with E-state index in [0.29, 0.717) is 5.25 Å². The third-order valence-corrected chi connectivity index (χ3v) is 1.95. The van der Waals surface area contributed by atoms with Crippen molar-refractivity contribution in [3.63, 3.8) is 0 Å². The van der Waals surface area contributed by atoms with E-state index in [2.05, 4.69) is 18.0 Å². The van der Waals surface area contributed by atoms with Crippen molar-refractivity contribution >= 4 is 16.8 Å². The van der Waals surface area contributed by atoms with Gasteiger partial charge in [-0.15, -0.1) is 11.8 Å². The second kappa shape index (κ2) is 2.35. The number of thioether (sulfide) groups is 1. The van der Waals surface area contributed by atoms with Crippen LogP contribution >= 0.6 is 11.8 Å². The Kier molecular flexibility index (Phi) is 1.73. The standard InChI is InChI=1S/C6H9NS/c1-5-3-4-7-6(2)8-5/h3-5H,1-2H3. The van der Waals surface area contributed by atoms with Gasteiger partial charge in [0, 0.05) is 11.4 Å². The lowest BCUT2D eigenvalue weighted by atomic mass is 10.4. The third-order valence-electron chi connectivity index (χ3n) is 0.970. The quantitative estimate of drug-likeness (QED) is 0.485. The molecule has 0 aromatic heterocycles. The van der Waals surface area contributed by atoms with Crippen LogP contribution < -0.4 is 0 Å². The smallest absolute Gasteiger partial charge is 0.0705 e. The molecular formula is C6H9NS. The van der Waals surface area contributed by atoms with Crippen molar-refractivity contribution in [3.8, 4) is 0 Å². The molecule has 0 radical (unpaired) electrons. The van der Waals surface area contributed by atoms with Crippen molar-refractivity contribution in [2.75, 3.05) is 0 Å². The van der Waals surface area contributed by atoms with Crippen LogP contribution in [0, 0.1) is 0 Å². The minimum atomic E-state index is 0.618. The predicted molar refractivity (Wildman–Crippen MR) is 39.3 cm³/mol. The highest BCUT2D eigenvalue weighted by atomic mass is 32.2. The summed E-state index contributed by atoms with van der Waals surface area (Å²) in [6.45, 7) is 4.20. The second-order valence-corrected chi connectivity index (χ2v) is 3.38. The number of rotatable bonds is 0. The zero-order valence-corrected chi connectivity index (χ0v) is 5.90. The molecule has 1 unspecified atom stereocenters. The Labute approximate surface area is 53.9 Å². The Balaban J connectivity index is 2.59. The van der Waals surface area contributed by atoms with E-state index < -0.39 is 0 Å². The molecule has 1 nitrogen and oxygen atoms in total. The van der Waals surface area contributed by atoms with Crippen LogP contribution in [0.2, 0.25) is 0 Å². The average Bonchev–Trinajstić information content (AvgIpc) is 1.64. The first-order chi connectivity index (χ1) is 3.79. The molecule has 0 aromatic carbocycles. The van der Waals surface area contributed by atoms with Crippen molar-refractivity contribution in [1.29, 1.82) is 0 Å². The summed E-state index contributed by atoms with van der Waals surface area (Å²) in [7, 11) is 0. The predicted octanol–water partition coefficient (Wildman–Crippen LogP) is 2.05. The van der Waals surface area contributed by atoms with E-state index in [9.17, 15) is 0 Å². The Hall–Kier alpha value is -0.240. The van der Waals surface area contributed by atoms with Crippen LogP contribution in [-0.4, -0.2) is 10.3 Å². The van der Waals surface area contributed by atoms with Gasteiger partial charge in [0.2, 0.25) is 0 Å². The summed E-state index contributed by atoms with van der Waals surface area (Å²) >= 11 is 1.80. The topological polar surface area (TPSA) is 12.4 Å². The SMILES string of the molecule is CC1=NC=CC(C)S1. The molecule has 1 atom stereocenters. The van der Waals surface area contributed by atoms with Gasteiger partial charge in [0.25, 0.3) is 0 Å². The lowest BCUT2D eigenvalue weighted by Gasteiger charge is -2.07. The number of aliphatic imine (C=N–C) groups is 1. The van der Waals surface area contributed by atoms with Crippen LogP contribution in [-0.2, 0) is 0 Å². The van der Waals surface area contributed by atoms with Gasteiger partial charge < -0.3 is 0 Å². The van der Waals surface area contributed by atoms with Gasteiger partial charge in [0.15, 0.2) is 0 Å². The van der Waals surface area contributed by atoms with Crippen LogP contribution in [0.1, 0.15) is 13.8 Å². The Morgan fingerprint density at radius 3 is 2.88 bits per heavy atom. The molecule has 0 amide bonds. The Bertz CT molecular complexity index is 137. The molecule has 0 aliphatic carbocycles. The molecule has 0 N–H and O–H groups in total. The molecule has 1 aliphatic heterocycles. The summed E-state index contributed by atoms with van der Waals surface area (Å²) in [6.07, 6.45) is 3.97. The first kappa shape index (κ1) is 5.89. The summed E-state index contributed by atoms with van der Waals surface area (Å²) in [4.78, 5) is 4.08. The molecule has 0 aromatic rings. The summed E-state index contributed by atoms with van der Waals surface area (Å²) in [5, 5.41) is 1.78. The minimum absolute atomic E-state index is 0.618. The highest BCUT2D eigenvalue weighted by Crippen LogP contribution is 2.17. The molecule has 2 heteroatoms. The van der Waals surface area contributed by atoms with Crippen molar-refractivity contribution < 1.29 is 0 Å². The average molecular weight is 127 g/mol. The van der Waals surface area contributed by atoms with E-state index >= 15 is 0 Å². The van der Waals surface area contributed by atoms with Crippen molar-refractivity contribution in [2.45, 2.75) is 19.1 Å². The zero-order valence-electron chi connectivity index (χ0n) is 5.09. The lowest BCUT2D eigenvalue weighted by Crippen LogP contribution is -1.98. The van der Waals surface area contributed by atoms with E-state index in [0.717, 1.165) is 0 Å². The molecular weight excluding hydrogens is 118 g/mol. The molecule has 8 heavy (non-hydrogen) atoms. The maximum absolute atomic E-state index is 4.08. The fourth-order valence-corrected chi connectivity index (χ4v) is 1.42.